The lowest BCUT2D eigenvalue weighted by Gasteiger charge is -2.13. The van der Waals surface area contributed by atoms with Crippen molar-refractivity contribution in [3.8, 4) is 11.5 Å². The minimum Gasteiger partial charge on any atom is -0.493 e. The topological polar surface area (TPSA) is 30.5 Å². The van der Waals surface area contributed by atoms with E-state index in [2.05, 4.69) is 25.2 Å². The van der Waals surface area contributed by atoms with Gasteiger partial charge in [0, 0.05) is 12.6 Å². The summed E-state index contributed by atoms with van der Waals surface area (Å²) in [6.07, 6.45) is 1.13. The monoisotopic (exact) mass is 259 g/mol. The lowest BCUT2D eigenvalue weighted by atomic mass is 10.2. The molecule has 0 saturated carbocycles. The molecule has 1 unspecified atom stereocenters. The molecule has 0 aliphatic carbocycles. The highest BCUT2D eigenvalue weighted by atomic mass is 35.5. The van der Waals surface area contributed by atoms with Crippen molar-refractivity contribution in [1.82, 2.24) is 5.32 Å². The van der Waals surface area contributed by atoms with Crippen molar-refractivity contribution in [2.45, 2.75) is 32.9 Å². The summed E-state index contributed by atoms with van der Waals surface area (Å²) in [5.41, 5.74) is 1.21. The highest BCUT2D eigenvalue weighted by Crippen LogP contribution is 2.27. The number of hydrogen-bond donors (Lipinski definition) is 1. The van der Waals surface area contributed by atoms with Crippen molar-refractivity contribution in [3.63, 3.8) is 0 Å². The molecule has 1 N–H and O–H groups in total. The summed E-state index contributed by atoms with van der Waals surface area (Å²) in [7, 11) is 3.30. The molecule has 0 saturated heterocycles. The first-order chi connectivity index (χ1) is 7.71. The smallest absolute Gasteiger partial charge is 0.161 e. The van der Waals surface area contributed by atoms with Gasteiger partial charge in [0.1, 0.15) is 0 Å². The number of methoxy groups -OCH3 is 2. The van der Waals surface area contributed by atoms with Crippen LogP contribution in [0.3, 0.4) is 0 Å². The summed E-state index contributed by atoms with van der Waals surface area (Å²) < 4.78 is 10.4. The Hall–Kier alpha value is -0.930. The second-order valence-corrected chi connectivity index (χ2v) is 3.88. The maximum Gasteiger partial charge on any atom is 0.161 e. The number of halogens is 1. The van der Waals surface area contributed by atoms with Gasteiger partial charge in [-0.15, -0.1) is 12.4 Å². The van der Waals surface area contributed by atoms with Crippen molar-refractivity contribution in [3.05, 3.63) is 23.8 Å². The van der Waals surface area contributed by atoms with Crippen molar-refractivity contribution in [2.75, 3.05) is 14.2 Å². The Labute approximate surface area is 110 Å². The summed E-state index contributed by atoms with van der Waals surface area (Å²) in [6.45, 7) is 5.21. The van der Waals surface area contributed by atoms with E-state index in [1.165, 1.54) is 5.56 Å². The highest BCUT2D eigenvalue weighted by molar-refractivity contribution is 5.85. The van der Waals surface area contributed by atoms with Crippen LogP contribution in [0.1, 0.15) is 25.8 Å². The fourth-order valence-electron chi connectivity index (χ4n) is 1.43. The molecular formula is C13H22ClNO2. The van der Waals surface area contributed by atoms with Crippen molar-refractivity contribution >= 4 is 12.4 Å². The van der Waals surface area contributed by atoms with Crippen LogP contribution in [-0.2, 0) is 6.54 Å². The van der Waals surface area contributed by atoms with Crippen molar-refractivity contribution in [2.24, 2.45) is 0 Å². The molecule has 0 aromatic heterocycles. The molecule has 0 aliphatic heterocycles. The average Bonchev–Trinajstić information content (AvgIpc) is 2.35. The minimum atomic E-state index is 0. The maximum atomic E-state index is 5.26. The van der Waals surface area contributed by atoms with E-state index in [0.717, 1.165) is 24.5 Å². The fourth-order valence-corrected chi connectivity index (χ4v) is 1.43. The average molecular weight is 260 g/mol. The largest absolute Gasteiger partial charge is 0.493 e. The number of benzene rings is 1. The molecule has 1 aromatic rings. The molecule has 3 nitrogen and oxygen atoms in total. The van der Waals surface area contributed by atoms with Gasteiger partial charge in [0.2, 0.25) is 0 Å². The SMILES string of the molecule is CCC(C)NCc1ccc(OC)c(OC)c1.Cl. The van der Waals surface area contributed by atoms with Gasteiger partial charge in [0.15, 0.2) is 11.5 Å². The molecule has 0 bridgehead atoms. The van der Waals surface area contributed by atoms with Crippen LogP contribution in [0.2, 0.25) is 0 Å². The lowest BCUT2D eigenvalue weighted by molar-refractivity contribution is 0.354. The molecule has 0 amide bonds. The highest BCUT2D eigenvalue weighted by Gasteiger charge is 2.05. The van der Waals surface area contributed by atoms with Crippen LogP contribution >= 0.6 is 12.4 Å². The van der Waals surface area contributed by atoms with Gasteiger partial charge < -0.3 is 14.8 Å². The van der Waals surface area contributed by atoms with Crippen molar-refractivity contribution < 1.29 is 9.47 Å². The van der Waals surface area contributed by atoms with E-state index in [4.69, 9.17) is 9.47 Å². The molecule has 1 atom stereocenters. The van der Waals surface area contributed by atoms with E-state index >= 15 is 0 Å². The minimum absolute atomic E-state index is 0. The van der Waals surface area contributed by atoms with Crippen molar-refractivity contribution in [1.29, 1.82) is 0 Å². The van der Waals surface area contributed by atoms with E-state index in [0.29, 0.717) is 6.04 Å². The molecule has 1 rings (SSSR count). The maximum absolute atomic E-state index is 5.26. The number of nitrogens with one attached hydrogen (secondary N) is 1. The van der Waals surface area contributed by atoms with E-state index < -0.39 is 0 Å². The predicted octanol–water partition coefficient (Wildman–Crippen LogP) is 3.01. The standard InChI is InChI=1S/C13H21NO2.ClH/c1-5-10(2)14-9-11-6-7-12(15-3)13(8-11)16-4;/h6-8,10,14H,5,9H2,1-4H3;1H. The zero-order valence-electron chi connectivity index (χ0n) is 10.9. The van der Waals surface area contributed by atoms with Crippen LogP contribution in [0.25, 0.3) is 0 Å². The van der Waals surface area contributed by atoms with Gasteiger partial charge in [-0.2, -0.15) is 0 Å². The van der Waals surface area contributed by atoms with Crippen LogP contribution in [0.5, 0.6) is 11.5 Å². The van der Waals surface area contributed by atoms with Gasteiger partial charge in [-0.05, 0) is 31.0 Å². The van der Waals surface area contributed by atoms with E-state index in [9.17, 15) is 0 Å². The van der Waals surface area contributed by atoms with Gasteiger partial charge in [0.25, 0.3) is 0 Å². The molecule has 4 heteroatoms. The summed E-state index contributed by atoms with van der Waals surface area (Å²) in [5.74, 6) is 1.56. The van der Waals surface area contributed by atoms with Crippen LogP contribution in [0.15, 0.2) is 18.2 Å². The number of ether oxygens (including phenoxy) is 2. The van der Waals surface area contributed by atoms with Gasteiger partial charge in [-0.3, -0.25) is 0 Å². The zero-order chi connectivity index (χ0) is 12.0. The lowest BCUT2D eigenvalue weighted by Crippen LogP contribution is -2.24. The second-order valence-electron chi connectivity index (χ2n) is 3.88. The molecular weight excluding hydrogens is 238 g/mol. The van der Waals surface area contributed by atoms with E-state index in [-0.39, 0.29) is 12.4 Å². The quantitative estimate of drug-likeness (QED) is 0.852. The van der Waals surface area contributed by atoms with Gasteiger partial charge >= 0.3 is 0 Å². The summed E-state index contributed by atoms with van der Waals surface area (Å²) in [4.78, 5) is 0. The van der Waals surface area contributed by atoms with Crippen LogP contribution in [-0.4, -0.2) is 20.3 Å². The summed E-state index contributed by atoms with van der Waals surface area (Å²) in [5, 5.41) is 3.44. The first-order valence-electron chi connectivity index (χ1n) is 5.65. The second kappa shape index (κ2) is 8.20. The van der Waals surface area contributed by atoms with E-state index in [1.807, 2.05) is 12.1 Å². The zero-order valence-corrected chi connectivity index (χ0v) is 11.8. The summed E-state index contributed by atoms with van der Waals surface area (Å²) in [6, 6.07) is 6.53. The van der Waals surface area contributed by atoms with Gasteiger partial charge in [-0.25, -0.2) is 0 Å². The van der Waals surface area contributed by atoms with E-state index in [1.54, 1.807) is 14.2 Å². The molecule has 0 fully saturated rings. The first kappa shape index (κ1) is 16.1. The third-order valence-electron chi connectivity index (χ3n) is 2.71. The number of hydrogen-bond acceptors (Lipinski definition) is 3. The molecule has 0 aliphatic rings. The molecule has 1 aromatic carbocycles. The Balaban J connectivity index is 0.00000256. The van der Waals surface area contributed by atoms with Crippen LogP contribution in [0, 0.1) is 0 Å². The Morgan fingerprint density at radius 2 is 1.82 bits per heavy atom. The van der Waals surface area contributed by atoms with Gasteiger partial charge in [-0.1, -0.05) is 13.0 Å². The molecule has 0 radical (unpaired) electrons. The number of rotatable bonds is 6. The molecule has 98 valence electrons. The molecule has 0 heterocycles. The van der Waals surface area contributed by atoms with Crippen LogP contribution < -0.4 is 14.8 Å². The Morgan fingerprint density at radius 1 is 1.18 bits per heavy atom. The first-order valence-corrected chi connectivity index (χ1v) is 5.65. The third kappa shape index (κ3) is 4.84. The molecule has 17 heavy (non-hydrogen) atoms. The fraction of sp³-hybridized carbons (Fsp3) is 0.538. The van der Waals surface area contributed by atoms with Gasteiger partial charge in [0.05, 0.1) is 14.2 Å². The normalized spacial score (nSPS) is 11.5. The Morgan fingerprint density at radius 3 is 2.35 bits per heavy atom. The Kier molecular flexibility index (Phi) is 7.75. The Bertz CT molecular complexity index is 331. The molecule has 0 spiro atoms. The third-order valence-corrected chi connectivity index (χ3v) is 2.71. The summed E-state index contributed by atoms with van der Waals surface area (Å²) >= 11 is 0. The van der Waals surface area contributed by atoms with Crippen LogP contribution in [0.4, 0.5) is 0 Å². The predicted molar refractivity (Wildman–Crippen MR) is 73.4 cm³/mol.